The minimum atomic E-state index is -0.0870. The van der Waals surface area contributed by atoms with Crippen LogP contribution in [-0.4, -0.2) is 16.7 Å². The molecule has 4 N–H and O–H groups in total. The zero-order chi connectivity index (χ0) is 10.7. The van der Waals surface area contributed by atoms with E-state index in [1.807, 2.05) is 30.3 Å². The zero-order valence-electron chi connectivity index (χ0n) is 8.13. The molecule has 0 aliphatic heterocycles. The van der Waals surface area contributed by atoms with E-state index in [2.05, 4.69) is 10.2 Å². The fraction of sp³-hybridized carbons (Fsp3) is 0.200. The lowest BCUT2D eigenvalue weighted by molar-refractivity contribution is 0.485. The van der Waals surface area contributed by atoms with E-state index in [0.717, 1.165) is 5.56 Å². The van der Waals surface area contributed by atoms with Gasteiger partial charge in [0.25, 0.3) is 0 Å². The molecule has 0 aliphatic rings. The predicted molar refractivity (Wildman–Crippen MR) is 56.0 cm³/mol. The monoisotopic (exact) mass is 204 g/mol. The van der Waals surface area contributed by atoms with E-state index in [-0.39, 0.29) is 11.9 Å². The number of benzene rings is 1. The topological polar surface area (TPSA) is 91.0 Å². The summed E-state index contributed by atoms with van der Waals surface area (Å²) < 4.78 is 5.17. The molecule has 1 unspecified atom stereocenters. The second-order valence-electron chi connectivity index (χ2n) is 3.18. The summed E-state index contributed by atoms with van der Waals surface area (Å²) in [6.07, 6.45) is 0. The summed E-state index contributed by atoms with van der Waals surface area (Å²) in [4.78, 5) is 0. The quantitative estimate of drug-likeness (QED) is 0.769. The minimum absolute atomic E-state index is 0.0689. The van der Waals surface area contributed by atoms with Crippen LogP contribution in [0.15, 0.2) is 34.7 Å². The van der Waals surface area contributed by atoms with Gasteiger partial charge in [-0.15, -0.1) is 5.10 Å². The molecule has 0 saturated heterocycles. The third-order valence-corrected chi connectivity index (χ3v) is 2.19. The first-order chi connectivity index (χ1) is 7.31. The summed E-state index contributed by atoms with van der Waals surface area (Å²) in [6.45, 7) is 0.408. The molecule has 0 amide bonds. The van der Waals surface area contributed by atoms with E-state index in [9.17, 15) is 0 Å². The van der Waals surface area contributed by atoms with Crippen molar-refractivity contribution < 1.29 is 4.42 Å². The van der Waals surface area contributed by atoms with Gasteiger partial charge in [0.15, 0.2) is 0 Å². The molecule has 5 nitrogen and oxygen atoms in total. The maximum absolute atomic E-state index is 5.68. The fourth-order valence-corrected chi connectivity index (χ4v) is 1.45. The SMILES string of the molecule is NCC(c1ccccc1)c1nnc(N)o1. The smallest absolute Gasteiger partial charge is 0.312 e. The molecule has 1 aromatic heterocycles. The van der Waals surface area contributed by atoms with E-state index < -0.39 is 0 Å². The van der Waals surface area contributed by atoms with Gasteiger partial charge < -0.3 is 15.9 Å². The summed E-state index contributed by atoms with van der Waals surface area (Å²) >= 11 is 0. The number of rotatable bonds is 3. The van der Waals surface area contributed by atoms with Gasteiger partial charge in [-0.2, -0.15) is 0 Å². The summed E-state index contributed by atoms with van der Waals surface area (Å²) in [6, 6.07) is 9.84. The molecule has 1 atom stereocenters. The molecule has 78 valence electrons. The molecule has 0 radical (unpaired) electrons. The van der Waals surface area contributed by atoms with Crippen LogP contribution in [-0.2, 0) is 0 Å². The number of hydrogen-bond acceptors (Lipinski definition) is 5. The first-order valence-electron chi connectivity index (χ1n) is 4.65. The third kappa shape index (κ3) is 1.97. The lowest BCUT2D eigenvalue weighted by atomic mass is 9.99. The number of anilines is 1. The molecule has 2 rings (SSSR count). The van der Waals surface area contributed by atoms with Crippen molar-refractivity contribution in [3.63, 3.8) is 0 Å². The maximum atomic E-state index is 5.68. The van der Waals surface area contributed by atoms with Crippen molar-refractivity contribution in [2.45, 2.75) is 5.92 Å². The lowest BCUT2D eigenvalue weighted by Crippen LogP contribution is -2.14. The molecule has 0 fully saturated rings. The summed E-state index contributed by atoms with van der Waals surface area (Å²) in [5.41, 5.74) is 12.1. The Morgan fingerprint density at radius 3 is 2.47 bits per heavy atom. The second-order valence-corrected chi connectivity index (χ2v) is 3.18. The van der Waals surface area contributed by atoms with Crippen LogP contribution in [0.1, 0.15) is 17.4 Å². The van der Waals surface area contributed by atoms with Crippen molar-refractivity contribution in [1.82, 2.24) is 10.2 Å². The van der Waals surface area contributed by atoms with Crippen LogP contribution in [0.25, 0.3) is 0 Å². The van der Waals surface area contributed by atoms with E-state index >= 15 is 0 Å². The van der Waals surface area contributed by atoms with Crippen LogP contribution in [0.3, 0.4) is 0 Å². The lowest BCUT2D eigenvalue weighted by Gasteiger charge is -2.09. The van der Waals surface area contributed by atoms with Crippen LogP contribution in [0, 0.1) is 0 Å². The van der Waals surface area contributed by atoms with Crippen molar-refractivity contribution in [2.24, 2.45) is 5.73 Å². The van der Waals surface area contributed by atoms with E-state index in [1.54, 1.807) is 0 Å². The molecule has 0 bridgehead atoms. The standard InChI is InChI=1S/C10H12N4O/c11-6-8(7-4-2-1-3-5-7)9-13-14-10(12)15-9/h1-5,8H,6,11H2,(H2,12,14). The average Bonchev–Trinajstić information content (AvgIpc) is 2.68. The highest BCUT2D eigenvalue weighted by molar-refractivity contribution is 5.25. The minimum Gasteiger partial charge on any atom is -0.408 e. The van der Waals surface area contributed by atoms with Gasteiger partial charge in [0, 0.05) is 6.54 Å². The predicted octanol–water partition coefficient (Wildman–Crippen LogP) is 0.742. The highest BCUT2D eigenvalue weighted by atomic mass is 16.4. The van der Waals surface area contributed by atoms with Crippen molar-refractivity contribution in [2.75, 3.05) is 12.3 Å². The number of nitrogens with two attached hydrogens (primary N) is 2. The Labute approximate surface area is 87.1 Å². The molecular formula is C10H12N4O. The van der Waals surface area contributed by atoms with Gasteiger partial charge in [0.2, 0.25) is 5.89 Å². The van der Waals surface area contributed by atoms with Gasteiger partial charge in [0.05, 0.1) is 5.92 Å². The Kier molecular flexibility index (Phi) is 2.64. The summed E-state index contributed by atoms with van der Waals surface area (Å²) in [5.74, 6) is 0.372. The van der Waals surface area contributed by atoms with Crippen LogP contribution in [0.4, 0.5) is 6.01 Å². The zero-order valence-corrected chi connectivity index (χ0v) is 8.13. The number of nitrogens with zero attached hydrogens (tertiary/aromatic N) is 2. The third-order valence-electron chi connectivity index (χ3n) is 2.19. The number of aromatic nitrogens is 2. The Balaban J connectivity index is 2.33. The first kappa shape index (κ1) is 9.67. The maximum Gasteiger partial charge on any atom is 0.312 e. The van der Waals surface area contributed by atoms with Crippen LogP contribution < -0.4 is 11.5 Å². The van der Waals surface area contributed by atoms with E-state index in [4.69, 9.17) is 15.9 Å². The van der Waals surface area contributed by atoms with Crippen LogP contribution in [0.5, 0.6) is 0 Å². The Bertz CT molecular complexity index is 426. The second kappa shape index (κ2) is 4.10. The molecule has 1 aromatic carbocycles. The molecule has 15 heavy (non-hydrogen) atoms. The van der Waals surface area contributed by atoms with E-state index in [0.29, 0.717) is 12.4 Å². The first-order valence-corrected chi connectivity index (χ1v) is 4.65. The molecule has 0 saturated carbocycles. The van der Waals surface area contributed by atoms with Gasteiger partial charge >= 0.3 is 6.01 Å². The molecule has 5 heteroatoms. The molecule has 1 heterocycles. The largest absolute Gasteiger partial charge is 0.408 e. The average molecular weight is 204 g/mol. The van der Waals surface area contributed by atoms with Crippen molar-refractivity contribution in [1.29, 1.82) is 0 Å². The van der Waals surface area contributed by atoms with Gasteiger partial charge in [0.1, 0.15) is 0 Å². The summed E-state index contributed by atoms with van der Waals surface area (Å²) in [5, 5.41) is 7.46. The highest BCUT2D eigenvalue weighted by Gasteiger charge is 2.18. The van der Waals surface area contributed by atoms with E-state index in [1.165, 1.54) is 0 Å². The van der Waals surface area contributed by atoms with Gasteiger partial charge in [-0.3, -0.25) is 0 Å². The number of nitrogen functional groups attached to an aromatic ring is 1. The number of hydrogen-bond donors (Lipinski definition) is 2. The van der Waals surface area contributed by atoms with Crippen molar-refractivity contribution in [3.05, 3.63) is 41.8 Å². The van der Waals surface area contributed by atoms with Gasteiger partial charge in [-0.05, 0) is 5.56 Å². The Morgan fingerprint density at radius 2 is 1.93 bits per heavy atom. The highest BCUT2D eigenvalue weighted by Crippen LogP contribution is 2.22. The molecule has 2 aromatic rings. The Hall–Kier alpha value is -1.88. The van der Waals surface area contributed by atoms with Crippen molar-refractivity contribution >= 4 is 6.01 Å². The fourth-order valence-electron chi connectivity index (χ4n) is 1.45. The Morgan fingerprint density at radius 1 is 1.20 bits per heavy atom. The molecule has 0 spiro atoms. The summed E-state index contributed by atoms with van der Waals surface area (Å²) in [7, 11) is 0. The molecule has 0 aliphatic carbocycles. The van der Waals surface area contributed by atoms with Crippen LogP contribution >= 0.6 is 0 Å². The normalized spacial score (nSPS) is 12.6. The van der Waals surface area contributed by atoms with Crippen LogP contribution in [0.2, 0.25) is 0 Å². The molecular weight excluding hydrogens is 192 g/mol. The van der Waals surface area contributed by atoms with Gasteiger partial charge in [-0.1, -0.05) is 35.4 Å². The van der Waals surface area contributed by atoms with Crippen molar-refractivity contribution in [3.8, 4) is 0 Å². The van der Waals surface area contributed by atoms with Gasteiger partial charge in [-0.25, -0.2) is 0 Å².